The third-order valence-electron chi connectivity index (χ3n) is 6.22. The largest absolute Gasteiger partial charge is 0.497 e. The molecule has 1 amide bonds. The Kier molecular flexibility index (Phi) is 7.72. The first-order valence-electron chi connectivity index (χ1n) is 12.3. The van der Waals surface area contributed by atoms with E-state index in [2.05, 4.69) is 48.2 Å². The van der Waals surface area contributed by atoms with Crippen LogP contribution in [0.5, 0.6) is 5.75 Å². The Hall–Kier alpha value is -3.42. The van der Waals surface area contributed by atoms with Crippen molar-refractivity contribution in [2.75, 3.05) is 25.6 Å². The minimum atomic E-state index is 0.0220. The highest BCUT2D eigenvalue weighted by molar-refractivity contribution is 8.19. The van der Waals surface area contributed by atoms with E-state index >= 15 is 0 Å². The summed E-state index contributed by atoms with van der Waals surface area (Å²) in [5.74, 6) is 0.825. The quantitative estimate of drug-likeness (QED) is 0.233. The monoisotopic (exact) mass is 527 g/mol. The molecule has 7 heteroatoms. The van der Waals surface area contributed by atoms with Crippen molar-refractivity contribution >= 4 is 58.1 Å². The molecule has 1 fully saturated rings. The Morgan fingerprint density at radius 3 is 2.38 bits per heavy atom. The number of carbonyl (C=O) groups is 1. The second kappa shape index (κ2) is 11.3. The van der Waals surface area contributed by atoms with Gasteiger partial charge >= 0.3 is 0 Å². The first kappa shape index (κ1) is 25.2. The standard InChI is InChI=1S/C30H29N3O2S2/c1-4-5-19-33-28(34)27(29-32(2)25-20-24(35-3)17-18-26(25)36-29)37-30(33)31-23-15-13-22(14-16-23)12-11-21-9-7-6-8-10-21/h6-18,20H,4-5,19H2,1-3H3/b12-11-,29-27-,31-30?. The molecular formula is C30H29N3O2S2. The van der Waals surface area contributed by atoms with E-state index in [1.54, 1.807) is 18.9 Å². The van der Waals surface area contributed by atoms with Crippen LogP contribution in [-0.4, -0.2) is 36.7 Å². The number of anilines is 1. The number of benzene rings is 3. The molecule has 0 saturated carbocycles. The molecule has 37 heavy (non-hydrogen) atoms. The molecule has 0 bridgehead atoms. The van der Waals surface area contributed by atoms with E-state index in [9.17, 15) is 4.79 Å². The number of rotatable bonds is 7. The molecule has 0 radical (unpaired) electrons. The molecule has 3 aromatic carbocycles. The van der Waals surface area contributed by atoms with Gasteiger partial charge in [0, 0.05) is 24.6 Å². The second-order valence-corrected chi connectivity index (χ2v) is 10.8. The van der Waals surface area contributed by atoms with Gasteiger partial charge in [-0.1, -0.05) is 79.7 Å². The van der Waals surface area contributed by atoms with E-state index < -0.39 is 0 Å². The maximum absolute atomic E-state index is 13.6. The molecule has 2 heterocycles. The molecule has 0 aliphatic carbocycles. The lowest BCUT2D eigenvalue weighted by molar-refractivity contribution is -0.122. The van der Waals surface area contributed by atoms with E-state index in [1.807, 2.05) is 60.5 Å². The van der Waals surface area contributed by atoms with Gasteiger partial charge in [0.15, 0.2) is 5.17 Å². The summed E-state index contributed by atoms with van der Waals surface area (Å²) in [5, 5.41) is 1.67. The molecule has 0 N–H and O–H groups in total. The fourth-order valence-electron chi connectivity index (χ4n) is 4.11. The Balaban J connectivity index is 1.41. The van der Waals surface area contributed by atoms with Crippen LogP contribution in [0.3, 0.4) is 0 Å². The Bertz CT molecular complexity index is 1380. The maximum atomic E-state index is 13.6. The summed E-state index contributed by atoms with van der Waals surface area (Å²) in [4.78, 5) is 24.2. The smallest absolute Gasteiger partial charge is 0.269 e. The number of nitrogens with zero attached hydrogens (tertiary/aromatic N) is 3. The molecule has 0 spiro atoms. The number of aliphatic imine (C=N–C) groups is 1. The van der Waals surface area contributed by atoms with Crippen molar-refractivity contribution in [3.05, 3.63) is 93.9 Å². The lowest BCUT2D eigenvalue weighted by Gasteiger charge is -2.16. The summed E-state index contributed by atoms with van der Waals surface area (Å²) in [5.41, 5.74) is 4.14. The van der Waals surface area contributed by atoms with E-state index in [1.165, 1.54) is 11.8 Å². The average Bonchev–Trinajstić information content (AvgIpc) is 3.42. The normalized spacial score (nSPS) is 18.4. The van der Waals surface area contributed by atoms with Gasteiger partial charge in [-0.2, -0.15) is 0 Å². The molecule has 5 nitrogen and oxygen atoms in total. The van der Waals surface area contributed by atoms with Crippen LogP contribution in [0.15, 0.2) is 92.6 Å². The fraction of sp³-hybridized carbons (Fsp3) is 0.200. The zero-order chi connectivity index (χ0) is 25.8. The summed E-state index contributed by atoms with van der Waals surface area (Å²) in [6.07, 6.45) is 6.13. The van der Waals surface area contributed by atoms with Gasteiger partial charge < -0.3 is 9.64 Å². The topological polar surface area (TPSA) is 45.1 Å². The number of ether oxygens (including phenoxy) is 1. The molecule has 3 aromatic rings. The summed E-state index contributed by atoms with van der Waals surface area (Å²) in [6.45, 7) is 2.79. The van der Waals surface area contributed by atoms with Crippen molar-refractivity contribution < 1.29 is 9.53 Å². The average molecular weight is 528 g/mol. The van der Waals surface area contributed by atoms with Gasteiger partial charge in [-0.15, -0.1) is 0 Å². The number of hydrogen-bond donors (Lipinski definition) is 0. The molecule has 2 aliphatic heterocycles. The lowest BCUT2D eigenvalue weighted by Crippen LogP contribution is -2.30. The Morgan fingerprint density at radius 2 is 1.68 bits per heavy atom. The summed E-state index contributed by atoms with van der Waals surface area (Å²) in [7, 11) is 3.67. The zero-order valence-electron chi connectivity index (χ0n) is 21.2. The van der Waals surface area contributed by atoms with Crippen molar-refractivity contribution in [3.63, 3.8) is 0 Å². The summed E-state index contributed by atoms with van der Waals surface area (Å²) >= 11 is 3.09. The molecule has 1 saturated heterocycles. The molecule has 2 aliphatic rings. The first-order valence-corrected chi connectivity index (χ1v) is 14.0. The number of carbonyl (C=O) groups excluding carboxylic acids is 1. The predicted molar refractivity (Wildman–Crippen MR) is 157 cm³/mol. The van der Waals surface area contributed by atoms with Gasteiger partial charge in [0.1, 0.15) is 10.7 Å². The highest BCUT2D eigenvalue weighted by Crippen LogP contribution is 2.51. The van der Waals surface area contributed by atoms with Crippen LogP contribution in [0.2, 0.25) is 0 Å². The van der Waals surface area contributed by atoms with E-state index in [0.29, 0.717) is 6.54 Å². The third kappa shape index (κ3) is 5.48. The van der Waals surface area contributed by atoms with Crippen molar-refractivity contribution in [2.24, 2.45) is 4.99 Å². The van der Waals surface area contributed by atoms with Crippen LogP contribution in [0.25, 0.3) is 12.2 Å². The number of unbranched alkanes of at least 4 members (excludes halogenated alkanes) is 1. The minimum absolute atomic E-state index is 0.0220. The van der Waals surface area contributed by atoms with Crippen LogP contribution < -0.4 is 9.64 Å². The van der Waals surface area contributed by atoms with Crippen LogP contribution in [0.1, 0.15) is 30.9 Å². The number of hydrogen-bond acceptors (Lipinski definition) is 6. The van der Waals surface area contributed by atoms with E-state index in [0.717, 1.165) is 61.1 Å². The highest BCUT2D eigenvalue weighted by atomic mass is 32.2. The Labute approximate surface area is 226 Å². The van der Waals surface area contributed by atoms with Crippen molar-refractivity contribution in [1.29, 1.82) is 0 Å². The van der Waals surface area contributed by atoms with Crippen molar-refractivity contribution in [1.82, 2.24) is 4.90 Å². The molecule has 0 unspecified atom stereocenters. The number of amidine groups is 1. The first-order chi connectivity index (χ1) is 18.1. The molecule has 0 atom stereocenters. The minimum Gasteiger partial charge on any atom is -0.497 e. The molecule has 188 valence electrons. The van der Waals surface area contributed by atoms with E-state index in [-0.39, 0.29) is 5.91 Å². The van der Waals surface area contributed by atoms with Gasteiger partial charge in [-0.25, -0.2) is 4.99 Å². The van der Waals surface area contributed by atoms with Gasteiger partial charge in [0.05, 0.1) is 23.5 Å². The summed E-state index contributed by atoms with van der Waals surface area (Å²) < 4.78 is 5.40. The number of thioether (sulfide) groups is 2. The lowest BCUT2D eigenvalue weighted by atomic mass is 10.1. The summed E-state index contributed by atoms with van der Waals surface area (Å²) in [6, 6.07) is 24.4. The second-order valence-electron chi connectivity index (χ2n) is 8.77. The van der Waals surface area contributed by atoms with Gasteiger partial charge in [-0.05, 0) is 53.6 Å². The van der Waals surface area contributed by atoms with Gasteiger partial charge in [-0.3, -0.25) is 9.69 Å². The van der Waals surface area contributed by atoms with E-state index in [4.69, 9.17) is 9.73 Å². The molecular weight excluding hydrogens is 498 g/mol. The van der Waals surface area contributed by atoms with Gasteiger partial charge in [0.25, 0.3) is 5.91 Å². The van der Waals surface area contributed by atoms with Crippen LogP contribution in [0.4, 0.5) is 11.4 Å². The van der Waals surface area contributed by atoms with Crippen LogP contribution in [0, 0.1) is 0 Å². The molecule has 0 aromatic heterocycles. The van der Waals surface area contributed by atoms with Crippen LogP contribution in [-0.2, 0) is 4.79 Å². The third-order valence-corrected chi connectivity index (χ3v) is 8.65. The van der Waals surface area contributed by atoms with Gasteiger partial charge in [0.2, 0.25) is 0 Å². The SMILES string of the molecule is CCCCN1C(=O)/C(=C2/Sc3ccc(OC)cc3N2C)SC1=Nc1ccc(/C=C\c2ccccc2)cc1. The molecule has 5 rings (SSSR count). The predicted octanol–water partition coefficient (Wildman–Crippen LogP) is 7.64. The highest BCUT2D eigenvalue weighted by Gasteiger charge is 2.39. The van der Waals surface area contributed by atoms with Crippen molar-refractivity contribution in [3.8, 4) is 5.75 Å². The zero-order valence-corrected chi connectivity index (χ0v) is 22.8. The number of amides is 1. The van der Waals surface area contributed by atoms with Crippen molar-refractivity contribution in [2.45, 2.75) is 24.7 Å². The maximum Gasteiger partial charge on any atom is 0.269 e. The fourth-order valence-corrected chi connectivity index (χ4v) is 6.46. The Morgan fingerprint density at radius 1 is 0.946 bits per heavy atom. The number of methoxy groups -OCH3 is 1. The van der Waals surface area contributed by atoms with Crippen LogP contribution >= 0.6 is 23.5 Å². The number of fused-ring (bicyclic) bond motifs is 1.